The lowest BCUT2D eigenvalue weighted by Gasteiger charge is -2.30. The highest BCUT2D eigenvalue weighted by Gasteiger charge is 2.28. The molecular weight excluding hydrogens is 501 g/mol. The SMILES string of the molecule is CC[C@@H](C)NC(=O)[C@@H](C)N(Cc1ccccc1F)C(=O)CCCN(c1ccc2c(c1)OCO2)S(C)(=O)=O. The Morgan fingerprint density at radius 2 is 1.81 bits per heavy atom. The van der Waals surface area contributed by atoms with E-state index in [-0.39, 0.29) is 56.1 Å². The van der Waals surface area contributed by atoms with E-state index in [1.807, 2.05) is 13.8 Å². The van der Waals surface area contributed by atoms with Gasteiger partial charge in [0.05, 0.1) is 11.9 Å². The number of sulfonamides is 1. The molecule has 0 aliphatic carbocycles. The lowest BCUT2D eigenvalue weighted by molar-refractivity contribution is -0.141. The highest BCUT2D eigenvalue weighted by Crippen LogP contribution is 2.36. The van der Waals surface area contributed by atoms with Crippen molar-refractivity contribution in [2.45, 2.75) is 58.7 Å². The first-order chi connectivity index (χ1) is 17.5. The summed E-state index contributed by atoms with van der Waals surface area (Å²) in [6, 6.07) is 10.00. The van der Waals surface area contributed by atoms with Crippen LogP contribution in [0.3, 0.4) is 0 Å². The van der Waals surface area contributed by atoms with Gasteiger partial charge in [-0.1, -0.05) is 25.1 Å². The summed E-state index contributed by atoms with van der Waals surface area (Å²) in [4.78, 5) is 27.5. The molecule has 3 rings (SSSR count). The smallest absolute Gasteiger partial charge is 0.242 e. The third-order valence-corrected chi connectivity index (χ3v) is 7.46. The van der Waals surface area contributed by atoms with E-state index >= 15 is 0 Å². The molecule has 1 heterocycles. The molecule has 0 spiro atoms. The average molecular weight is 536 g/mol. The van der Waals surface area contributed by atoms with Gasteiger partial charge in [-0.25, -0.2) is 12.8 Å². The number of amides is 2. The Morgan fingerprint density at radius 3 is 2.49 bits per heavy atom. The minimum absolute atomic E-state index is 0.0329. The van der Waals surface area contributed by atoms with Crippen LogP contribution in [-0.4, -0.2) is 56.8 Å². The maximum atomic E-state index is 14.4. The number of benzene rings is 2. The zero-order valence-electron chi connectivity index (χ0n) is 21.6. The summed E-state index contributed by atoms with van der Waals surface area (Å²) in [6.07, 6.45) is 1.96. The van der Waals surface area contributed by atoms with Crippen molar-refractivity contribution in [3.8, 4) is 11.5 Å². The summed E-state index contributed by atoms with van der Waals surface area (Å²) in [6.45, 7) is 5.41. The quantitative estimate of drug-likeness (QED) is 0.447. The summed E-state index contributed by atoms with van der Waals surface area (Å²) < 4.78 is 51.2. The van der Waals surface area contributed by atoms with E-state index in [0.717, 1.165) is 12.7 Å². The Balaban J connectivity index is 1.74. The van der Waals surface area contributed by atoms with Crippen molar-refractivity contribution in [1.29, 1.82) is 0 Å². The first-order valence-electron chi connectivity index (χ1n) is 12.2. The Labute approximate surface area is 217 Å². The van der Waals surface area contributed by atoms with Crippen LogP contribution < -0.4 is 19.1 Å². The summed E-state index contributed by atoms with van der Waals surface area (Å²) in [5, 5.41) is 2.87. The van der Waals surface area contributed by atoms with Crippen LogP contribution in [0.4, 0.5) is 10.1 Å². The van der Waals surface area contributed by atoms with Crippen molar-refractivity contribution in [2.75, 3.05) is 23.9 Å². The second kappa shape index (κ2) is 12.3. The molecule has 11 heteroatoms. The summed E-state index contributed by atoms with van der Waals surface area (Å²) in [5.41, 5.74) is 0.681. The molecule has 0 radical (unpaired) electrons. The van der Waals surface area contributed by atoms with Gasteiger partial charge < -0.3 is 19.7 Å². The average Bonchev–Trinajstić information content (AvgIpc) is 3.32. The van der Waals surface area contributed by atoms with Crippen LogP contribution in [0.15, 0.2) is 42.5 Å². The van der Waals surface area contributed by atoms with Gasteiger partial charge in [-0.05, 0) is 44.9 Å². The predicted octanol–water partition coefficient (Wildman–Crippen LogP) is 3.43. The molecule has 0 bridgehead atoms. The van der Waals surface area contributed by atoms with Crippen molar-refractivity contribution >= 4 is 27.5 Å². The maximum absolute atomic E-state index is 14.4. The standard InChI is InChI=1S/C26H34FN3O6S/c1-5-18(2)28-26(32)19(3)29(16-20-9-6-7-10-22(20)27)25(31)11-8-14-30(37(4,33)34)21-12-13-23-24(15-21)36-17-35-23/h6-7,9-10,12-13,15,18-19H,5,8,11,14,16-17H2,1-4H3,(H,28,32)/t18-,19-/m1/s1. The van der Waals surface area contributed by atoms with Gasteiger partial charge in [-0.15, -0.1) is 0 Å². The molecule has 0 fully saturated rings. The van der Waals surface area contributed by atoms with E-state index in [1.165, 1.54) is 15.3 Å². The third kappa shape index (κ3) is 7.34. The monoisotopic (exact) mass is 535 g/mol. The van der Waals surface area contributed by atoms with E-state index in [1.54, 1.807) is 43.3 Å². The summed E-state index contributed by atoms with van der Waals surface area (Å²) in [7, 11) is -3.66. The third-order valence-electron chi connectivity index (χ3n) is 6.26. The minimum atomic E-state index is -3.66. The molecular formula is C26H34FN3O6S. The molecule has 202 valence electrons. The van der Waals surface area contributed by atoms with Crippen molar-refractivity contribution in [3.05, 3.63) is 53.8 Å². The van der Waals surface area contributed by atoms with E-state index in [9.17, 15) is 22.4 Å². The van der Waals surface area contributed by atoms with Crippen molar-refractivity contribution in [2.24, 2.45) is 0 Å². The number of carbonyl (C=O) groups excluding carboxylic acids is 2. The number of hydrogen-bond acceptors (Lipinski definition) is 6. The summed E-state index contributed by atoms with van der Waals surface area (Å²) >= 11 is 0. The number of nitrogens with one attached hydrogen (secondary N) is 1. The van der Waals surface area contributed by atoms with Crippen LogP contribution in [0.5, 0.6) is 11.5 Å². The van der Waals surface area contributed by atoms with E-state index < -0.39 is 21.9 Å². The van der Waals surface area contributed by atoms with Crippen LogP contribution in [0.25, 0.3) is 0 Å². The fraction of sp³-hybridized carbons (Fsp3) is 0.462. The number of anilines is 1. The molecule has 0 unspecified atom stereocenters. The molecule has 9 nitrogen and oxygen atoms in total. The number of hydrogen-bond donors (Lipinski definition) is 1. The van der Waals surface area contributed by atoms with Crippen molar-refractivity contribution in [1.82, 2.24) is 10.2 Å². The van der Waals surface area contributed by atoms with Gasteiger partial charge in [-0.3, -0.25) is 13.9 Å². The zero-order valence-corrected chi connectivity index (χ0v) is 22.4. The van der Waals surface area contributed by atoms with Gasteiger partial charge in [0, 0.05) is 37.2 Å². The molecule has 0 aromatic heterocycles. The minimum Gasteiger partial charge on any atom is -0.454 e. The van der Waals surface area contributed by atoms with E-state index in [2.05, 4.69) is 5.32 Å². The Hall–Kier alpha value is -3.34. The Kier molecular flexibility index (Phi) is 9.36. The zero-order chi connectivity index (χ0) is 27.2. The number of ether oxygens (including phenoxy) is 2. The fourth-order valence-corrected chi connectivity index (χ4v) is 4.86. The van der Waals surface area contributed by atoms with Crippen LogP contribution in [-0.2, 0) is 26.2 Å². The molecule has 2 amide bonds. The second-order valence-corrected chi connectivity index (χ2v) is 11.0. The van der Waals surface area contributed by atoms with E-state index in [0.29, 0.717) is 17.2 Å². The Morgan fingerprint density at radius 1 is 1.11 bits per heavy atom. The van der Waals surface area contributed by atoms with Gasteiger partial charge in [0.25, 0.3) is 0 Å². The molecule has 2 aromatic carbocycles. The largest absolute Gasteiger partial charge is 0.454 e. The van der Waals surface area contributed by atoms with Crippen molar-refractivity contribution < 1.29 is 31.9 Å². The van der Waals surface area contributed by atoms with Gasteiger partial charge in [-0.2, -0.15) is 0 Å². The first-order valence-corrected chi connectivity index (χ1v) is 14.1. The predicted molar refractivity (Wildman–Crippen MR) is 138 cm³/mol. The highest BCUT2D eigenvalue weighted by molar-refractivity contribution is 7.92. The molecule has 1 aliphatic heterocycles. The normalized spacial score (nSPS) is 14.1. The van der Waals surface area contributed by atoms with Gasteiger partial charge in [0.1, 0.15) is 11.9 Å². The number of carbonyl (C=O) groups is 2. The lowest BCUT2D eigenvalue weighted by Crippen LogP contribution is -2.49. The molecule has 1 N–H and O–H groups in total. The summed E-state index contributed by atoms with van der Waals surface area (Å²) in [5.74, 6) is -0.215. The fourth-order valence-electron chi connectivity index (χ4n) is 3.90. The molecule has 2 aromatic rings. The van der Waals surface area contributed by atoms with Crippen LogP contribution in [0.1, 0.15) is 45.6 Å². The molecule has 2 atom stereocenters. The molecule has 0 saturated carbocycles. The maximum Gasteiger partial charge on any atom is 0.242 e. The van der Waals surface area contributed by atoms with Gasteiger partial charge >= 0.3 is 0 Å². The van der Waals surface area contributed by atoms with Crippen LogP contribution >= 0.6 is 0 Å². The lowest BCUT2D eigenvalue weighted by atomic mass is 10.1. The van der Waals surface area contributed by atoms with Gasteiger partial charge in [0.15, 0.2) is 11.5 Å². The van der Waals surface area contributed by atoms with Crippen LogP contribution in [0, 0.1) is 5.82 Å². The first kappa shape index (κ1) is 28.2. The van der Waals surface area contributed by atoms with Gasteiger partial charge in [0.2, 0.25) is 28.6 Å². The highest BCUT2D eigenvalue weighted by atomic mass is 32.2. The number of halogens is 1. The van der Waals surface area contributed by atoms with Crippen molar-refractivity contribution in [3.63, 3.8) is 0 Å². The number of rotatable bonds is 12. The van der Waals surface area contributed by atoms with E-state index in [4.69, 9.17) is 9.47 Å². The molecule has 0 saturated heterocycles. The Bertz CT molecular complexity index is 1220. The number of fused-ring (bicyclic) bond motifs is 1. The molecule has 37 heavy (non-hydrogen) atoms. The van der Waals surface area contributed by atoms with Crippen LogP contribution in [0.2, 0.25) is 0 Å². The molecule has 1 aliphatic rings. The second-order valence-electron chi connectivity index (χ2n) is 9.08. The number of nitrogens with zero attached hydrogens (tertiary/aromatic N) is 2. The topological polar surface area (TPSA) is 105 Å².